The van der Waals surface area contributed by atoms with E-state index in [1.165, 1.54) is 17.2 Å². The van der Waals surface area contributed by atoms with Gasteiger partial charge in [-0.15, -0.1) is 0 Å². The quantitative estimate of drug-likeness (QED) is 0.373. The van der Waals surface area contributed by atoms with E-state index in [1.54, 1.807) is 6.20 Å². The van der Waals surface area contributed by atoms with Gasteiger partial charge in [-0.25, -0.2) is 4.98 Å². The highest BCUT2D eigenvalue weighted by atomic mass is 79.9. The van der Waals surface area contributed by atoms with E-state index < -0.39 is 5.78 Å². The molecule has 1 N–H and O–H groups in total. The summed E-state index contributed by atoms with van der Waals surface area (Å²) < 4.78 is 2.73. The molecule has 2 aromatic carbocycles. The van der Waals surface area contributed by atoms with Crippen LogP contribution in [0, 0.1) is 0 Å². The van der Waals surface area contributed by atoms with E-state index in [9.17, 15) is 9.90 Å². The molecule has 0 radical (unpaired) electrons. The molecule has 3 rings (SSSR count). The Kier molecular flexibility index (Phi) is 6.61. The number of aromatic nitrogens is 2. The van der Waals surface area contributed by atoms with Gasteiger partial charge in [0.2, 0.25) is 5.78 Å². The van der Waals surface area contributed by atoms with Gasteiger partial charge in [-0.3, -0.25) is 4.79 Å². The number of hydrogen-bond acceptors (Lipinski definition) is 3. The average Bonchev–Trinajstić information content (AvgIpc) is 3.08. The zero-order chi connectivity index (χ0) is 19.9. The molecule has 0 bridgehead atoms. The summed E-state index contributed by atoms with van der Waals surface area (Å²) in [6.45, 7) is 4.05. The van der Waals surface area contributed by atoms with E-state index >= 15 is 0 Å². The van der Waals surface area contributed by atoms with Gasteiger partial charge in [0.05, 0.1) is 6.20 Å². The summed E-state index contributed by atoms with van der Waals surface area (Å²) in [6, 6.07) is 20.8. The van der Waals surface area contributed by atoms with Crippen molar-refractivity contribution in [1.82, 2.24) is 9.55 Å². The van der Waals surface area contributed by atoms with Gasteiger partial charge in [-0.1, -0.05) is 67.2 Å². The smallest absolute Gasteiger partial charge is 0.219 e. The van der Waals surface area contributed by atoms with Crippen LogP contribution in [0.2, 0.25) is 0 Å². The number of benzene rings is 2. The van der Waals surface area contributed by atoms with Crippen molar-refractivity contribution < 1.29 is 9.90 Å². The number of ketones is 1. The lowest BCUT2D eigenvalue weighted by Crippen LogP contribution is -2.09. The van der Waals surface area contributed by atoms with Crippen LogP contribution in [0.1, 0.15) is 29.3 Å². The van der Waals surface area contributed by atoms with Crippen LogP contribution in [0.5, 0.6) is 0 Å². The summed E-state index contributed by atoms with van der Waals surface area (Å²) in [5.41, 5.74) is 2.48. The van der Waals surface area contributed by atoms with Gasteiger partial charge in [0, 0.05) is 18.5 Å². The highest BCUT2D eigenvalue weighted by Crippen LogP contribution is 2.29. The molecule has 1 heterocycles. The SMILES string of the molecule is C=CC(=O)/C(O)=C/c1ncc(Br)n1CCC(c1ccccc1)c1ccccc1. The van der Waals surface area contributed by atoms with Crippen LogP contribution in [-0.2, 0) is 11.3 Å². The molecule has 142 valence electrons. The molecule has 0 spiro atoms. The largest absolute Gasteiger partial charge is 0.504 e. The van der Waals surface area contributed by atoms with Crippen LogP contribution < -0.4 is 0 Å². The fourth-order valence-corrected chi connectivity index (χ4v) is 3.62. The number of rotatable bonds is 8. The molecule has 0 amide bonds. The molecule has 3 aromatic rings. The van der Waals surface area contributed by atoms with Crippen molar-refractivity contribution in [1.29, 1.82) is 0 Å². The lowest BCUT2D eigenvalue weighted by Gasteiger charge is -2.19. The minimum Gasteiger partial charge on any atom is -0.504 e. The van der Waals surface area contributed by atoms with Crippen molar-refractivity contribution >= 4 is 27.8 Å². The summed E-state index contributed by atoms with van der Waals surface area (Å²) in [6.07, 6.45) is 4.95. The lowest BCUT2D eigenvalue weighted by molar-refractivity contribution is -0.113. The Bertz CT molecular complexity index is 939. The minimum absolute atomic E-state index is 0.219. The number of imidazole rings is 1. The molecule has 0 aliphatic rings. The molecule has 4 nitrogen and oxygen atoms in total. The predicted molar refractivity (Wildman–Crippen MR) is 115 cm³/mol. The maximum absolute atomic E-state index is 11.6. The Balaban J connectivity index is 1.88. The van der Waals surface area contributed by atoms with Crippen LogP contribution >= 0.6 is 15.9 Å². The number of aliphatic hydroxyl groups is 1. The summed E-state index contributed by atoms with van der Waals surface area (Å²) in [5, 5.41) is 9.91. The molecule has 28 heavy (non-hydrogen) atoms. The van der Waals surface area contributed by atoms with Crippen LogP contribution in [0.3, 0.4) is 0 Å². The average molecular weight is 437 g/mol. The van der Waals surface area contributed by atoms with Crippen molar-refractivity contribution in [3.8, 4) is 0 Å². The molecule has 0 aliphatic carbocycles. The normalized spacial score (nSPS) is 11.6. The number of hydrogen-bond donors (Lipinski definition) is 1. The van der Waals surface area contributed by atoms with Gasteiger partial charge in [0.15, 0.2) is 5.76 Å². The van der Waals surface area contributed by atoms with Crippen molar-refractivity contribution in [2.24, 2.45) is 0 Å². The van der Waals surface area contributed by atoms with E-state index in [2.05, 4.69) is 51.8 Å². The lowest BCUT2D eigenvalue weighted by atomic mass is 9.88. The molecular weight excluding hydrogens is 416 g/mol. The topological polar surface area (TPSA) is 55.1 Å². The second kappa shape index (κ2) is 9.33. The van der Waals surface area contributed by atoms with Crippen molar-refractivity contribution in [2.45, 2.75) is 18.9 Å². The Morgan fingerprint density at radius 3 is 2.21 bits per heavy atom. The minimum atomic E-state index is -0.530. The molecule has 0 unspecified atom stereocenters. The number of halogens is 1. The third-order valence-electron chi connectivity index (χ3n) is 4.59. The van der Waals surface area contributed by atoms with Crippen LogP contribution in [0.4, 0.5) is 0 Å². The maximum Gasteiger partial charge on any atom is 0.219 e. The summed E-state index contributed by atoms with van der Waals surface area (Å²) >= 11 is 3.51. The summed E-state index contributed by atoms with van der Waals surface area (Å²) in [5.74, 6) is -0.175. The van der Waals surface area contributed by atoms with Crippen molar-refractivity contribution in [3.05, 3.63) is 107 Å². The molecule has 0 fully saturated rings. The van der Waals surface area contributed by atoms with E-state index in [-0.39, 0.29) is 11.7 Å². The number of carbonyl (C=O) groups excluding carboxylic acids is 1. The summed E-state index contributed by atoms with van der Waals surface area (Å²) in [7, 11) is 0. The molecule has 0 aliphatic heterocycles. The maximum atomic E-state index is 11.6. The van der Waals surface area contributed by atoms with E-state index in [0.29, 0.717) is 12.4 Å². The fraction of sp³-hybridized carbons (Fsp3) is 0.130. The number of aliphatic hydroxyl groups excluding tert-OH is 1. The first kappa shape index (κ1) is 19.8. The van der Waals surface area contributed by atoms with E-state index in [1.807, 2.05) is 41.0 Å². The highest BCUT2D eigenvalue weighted by molar-refractivity contribution is 9.10. The van der Waals surface area contributed by atoms with Gasteiger partial charge in [0.25, 0.3) is 0 Å². The van der Waals surface area contributed by atoms with Crippen LogP contribution in [-0.4, -0.2) is 20.4 Å². The Labute approximate surface area is 173 Å². The second-order valence-corrected chi connectivity index (χ2v) is 7.16. The third-order valence-corrected chi connectivity index (χ3v) is 5.22. The zero-order valence-corrected chi connectivity index (χ0v) is 16.9. The van der Waals surface area contributed by atoms with Crippen LogP contribution in [0.15, 0.2) is 89.9 Å². The second-order valence-electron chi connectivity index (χ2n) is 6.35. The molecular formula is C23H21BrN2O2. The first-order chi connectivity index (χ1) is 13.6. The molecule has 0 saturated carbocycles. The Hall–Kier alpha value is -2.92. The molecule has 1 aromatic heterocycles. The highest BCUT2D eigenvalue weighted by Gasteiger charge is 2.16. The van der Waals surface area contributed by atoms with E-state index in [4.69, 9.17) is 0 Å². The first-order valence-corrected chi connectivity index (χ1v) is 9.77. The number of carbonyl (C=O) groups is 1. The standard InChI is InChI=1S/C23H21BrN2O2/c1-2-20(27)21(28)15-23-25-16-22(24)26(23)14-13-19(17-9-5-3-6-10-17)18-11-7-4-8-12-18/h2-12,15-16,19,28H,1,13-14H2/b21-15-. The predicted octanol–water partition coefficient (Wildman–Crippen LogP) is 5.52. The van der Waals surface area contributed by atoms with Crippen molar-refractivity contribution in [3.63, 3.8) is 0 Å². The first-order valence-electron chi connectivity index (χ1n) is 8.98. The molecule has 0 saturated heterocycles. The van der Waals surface area contributed by atoms with Gasteiger partial charge in [0.1, 0.15) is 10.4 Å². The number of allylic oxidation sites excluding steroid dienone is 1. The Morgan fingerprint density at radius 2 is 1.68 bits per heavy atom. The third kappa shape index (κ3) is 4.67. The van der Waals surface area contributed by atoms with Gasteiger partial charge in [-0.05, 0) is 39.6 Å². The molecule has 5 heteroatoms. The van der Waals surface area contributed by atoms with Crippen molar-refractivity contribution in [2.75, 3.05) is 0 Å². The van der Waals surface area contributed by atoms with Gasteiger partial charge in [-0.2, -0.15) is 0 Å². The summed E-state index contributed by atoms with van der Waals surface area (Å²) in [4.78, 5) is 15.9. The number of nitrogens with zero attached hydrogens (tertiary/aromatic N) is 2. The fourth-order valence-electron chi connectivity index (χ4n) is 3.16. The molecule has 0 atom stereocenters. The van der Waals surface area contributed by atoms with Gasteiger partial charge >= 0.3 is 0 Å². The van der Waals surface area contributed by atoms with Crippen LogP contribution in [0.25, 0.3) is 6.08 Å². The van der Waals surface area contributed by atoms with Gasteiger partial charge < -0.3 is 9.67 Å². The Morgan fingerprint density at radius 1 is 1.11 bits per heavy atom. The monoisotopic (exact) mass is 436 g/mol. The van der Waals surface area contributed by atoms with E-state index in [0.717, 1.165) is 17.1 Å². The zero-order valence-electron chi connectivity index (χ0n) is 15.3.